The van der Waals surface area contributed by atoms with Crippen molar-refractivity contribution in [1.82, 2.24) is 14.4 Å². The molecule has 0 saturated carbocycles. The number of sulfonamides is 1. The molecule has 148 valence electrons. The predicted molar refractivity (Wildman–Crippen MR) is 100 cm³/mol. The molecule has 0 unspecified atom stereocenters. The lowest BCUT2D eigenvalue weighted by Crippen LogP contribution is -2.44. The van der Waals surface area contributed by atoms with Crippen molar-refractivity contribution < 1.29 is 17.7 Å². The van der Waals surface area contributed by atoms with Gasteiger partial charge in [0.2, 0.25) is 15.9 Å². The molecule has 1 aliphatic heterocycles. The molecular weight excluding hydrogens is 356 g/mol. The summed E-state index contributed by atoms with van der Waals surface area (Å²) in [5, 5.41) is 6.31. The van der Waals surface area contributed by atoms with Crippen LogP contribution in [-0.2, 0) is 14.8 Å². The molecule has 8 nitrogen and oxygen atoms in total. The molecule has 1 aromatic rings. The van der Waals surface area contributed by atoms with Crippen LogP contribution in [0, 0.1) is 6.92 Å². The van der Waals surface area contributed by atoms with Gasteiger partial charge in [-0.15, -0.1) is 0 Å². The van der Waals surface area contributed by atoms with Gasteiger partial charge < -0.3 is 14.7 Å². The second kappa shape index (κ2) is 10.0. The molecule has 2 rings (SSSR count). The van der Waals surface area contributed by atoms with Gasteiger partial charge in [-0.1, -0.05) is 24.9 Å². The number of unbranched alkanes of at least 4 members (excludes halogenated alkanes) is 1. The maximum Gasteiger partial charge on any atom is 0.240 e. The molecular formula is C17H30N4O4S. The van der Waals surface area contributed by atoms with E-state index >= 15 is 0 Å². The molecule has 9 heteroatoms. The van der Waals surface area contributed by atoms with Crippen LogP contribution in [0.5, 0.6) is 0 Å². The number of amides is 1. The van der Waals surface area contributed by atoms with E-state index in [1.807, 2.05) is 6.92 Å². The van der Waals surface area contributed by atoms with Crippen molar-refractivity contribution >= 4 is 21.7 Å². The lowest BCUT2D eigenvalue weighted by atomic mass is 10.1. The highest BCUT2D eigenvalue weighted by Gasteiger charge is 2.25. The molecule has 0 bridgehead atoms. The third-order valence-corrected chi connectivity index (χ3v) is 6.38. The van der Waals surface area contributed by atoms with E-state index in [1.165, 1.54) is 10.7 Å². The number of aryl methyl sites for hydroxylation is 1. The Morgan fingerprint density at radius 1 is 1.35 bits per heavy atom. The van der Waals surface area contributed by atoms with Crippen LogP contribution < -0.4 is 5.32 Å². The lowest BCUT2D eigenvalue weighted by Gasteiger charge is -2.29. The summed E-state index contributed by atoms with van der Waals surface area (Å²) < 4.78 is 31.5. The Hall–Kier alpha value is -1.45. The first kappa shape index (κ1) is 20.9. The highest BCUT2D eigenvalue weighted by Crippen LogP contribution is 2.12. The SMILES string of the molecule is CCCCS(=O)(=O)N(CCN1CCCCC1)CC(=O)Nc1cc(C)on1. The fourth-order valence-corrected chi connectivity index (χ4v) is 4.56. The van der Waals surface area contributed by atoms with Crippen LogP contribution in [0.15, 0.2) is 10.6 Å². The predicted octanol–water partition coefficient (Wildman–Crippen LogP) is 1.84. The summed E-state index contributed by atoms with van der Waals surface area (Å²) in [5.41, 5.74) is 0. The van der Waals surface area contributed by atoms with E-state index in [-0.39, 0.29) is 12.3 Å². The number of nitrogens with zero attached hydrogens (tertiary/aromatic N) is 3. The highest BCUT2D eigenvalue weighted by molar-refractivity contribution is 7.89. The van der Waals surface area contributed by atoms with E-state index in [9.17, 15) is 13.2 Å². The van der Waals surface area contributed by atoms with E-state index in [0.29, 0.717) is 31.1 Å². The molecule has 2 heterocycles. The van der Waals surface area contributed by atoms with Crippen LogP contribution in [0.3, 0.4) is 0 Å². The standard InChI is InChI=1S/C17H30N4O4S/c1-3-4-12-26(23,24)21(11-10-20-8-6-5-7-9-20)14-17(22)18-16-13-15(2)25-19-16/h13H,3-12,14H2,1-2H3,(H,18,19,22). The number of piperidine rings is 1. The molecule has 0 radical (unpaired) electrons. The minimum Gasteiger partial charge on any atom is -0.360 e. The number of aromatic nitrogens is 1. The van der Waals surface area contributed by atoms with E-state index in [2.05, 4.69) is 15.4 Å². The number of hydrogen-bond donors (Lipinski definition) is 1. The normalized spacial score (nSPS) is 16.1. The second-order valence-electron chi connectivity index (χ2n) is 6.78. The number of carbonyl (C=O) groups excluding carboxylic acids is 1. The number of nitrogens with one attached hydrogen (secondary N) is 1. The first-order valence-electron chi connectivity index (χ1n) is 9.34. The Morgan fingerprint density at radius 3 is 2.69 bits per heavy atom. The molecule has 1 aliphatic rings. The highest BCUT2D eigenvalue weighted by atomic mass is 32.2. The van der Waals surface area contributed by atoms with Gasteiger partial charge in [0, 0.05) is 19.2 Å². The molecule has 1 fully saturated rings. The van der Waals surface area contributed by atoms with Gasteiger partial charge >= 0.3 is 0 Å². The molecule has 1 amide bonds. The van der Waals surface area contributed by atoms with Gasteiger partial charge in [0.25, 0.3) is 0 Å². The summed E-state index contributed by atoms with van der Waals surface area (Å²) in [6.45, 7) is 6.45. The Bertz CT molecular complexity index is 668. The average molecular weight is 387 g/mol. The summed E-state index contributed by atoms with van der Waals surface area (Å²) in [5.74, 6) is 0.545. The average Bonchev–Trinajstić information content (AvgIpc) is 3.02. The summed E-state index contributed by atoms with van der Waals surface area (Å²) in [6, 6.07) is 1.60. The zero-order valence-corrected chi connectivity index (χ0v) is 16.6. The molecule has 0 atom stereocenters. The number of hydrogen-bond acceptors (Lipinski definition) is 6. The van der Waals surface area contributed by atoms with Gasteiger partial charge in [-0.05, 0) is 39.3 Å². The van der Waals surface area contributed by atoms with E-state index in [1.54, 1.807) is 13.0 Å². The smallest absolute Gasteiger partial charge is 0.240 e. The topological polar surface area (TPSA) is 95.8 Å². The third kappa shape index (κ3) is 6.69. The van der Waals surface area contributed by atoms with E-state index in [4.69, 9.17) is 4.52 Å². The van der Waals surface area contributed by atoms with Crippen LogP contribution in [-0.4, -0.2) is 67.2 Å². The van der Waals surface area contributed by atoms with Crippen molar-refractivity contribution in [2.24, 2.45) is 0 Å². The molecule has 1 N–H and O–H groups in total. The van der Waals surface area contributed by atoms with Crippen LogP contribution in [0.2, 0.25) is 0 Å². The van der Waals surface area contributed by atoms with Crippen molar-refractivity contribution in [2.75, 3.05) is 43.8 Å². The molecule has 26 heavy (non-hydrogen) atoms. The molecule has 1 aromatic heterocycles. The Morgan fingerprint density at radius 2 is 2.08 bits per heavy atom. The fourth-order valence-electron chi connectivity index (χ4n) is 2.98. The summed E-state index contributed by atoms with van der Waals surface area (Å²) >= 11 is 0. The van der Waals surface area contributed by atoms with Gasteiger partial charge in [0.1, 0.15) is 5.76 Å². The quantitative estimate of drug-likeness (QED) is 0.659. The molecule has 0 aromatic carbocycles. The number of anilines is 1. The Labute approximate surface area is 155 Å². The molecule has 0 spiro atoms. The van der Waals surface area contributed by atoms with E-state index < -0.39 is 15.9 Å². The van der Waals surface area contributed by atoms with Crippen LogP contribution in [0.1, 0.15) is 44.8 Å². The number of rotatable bonds is 10. The van der Waals surface area contributed by atoms with Crippen LogP contribution in [0.25, 0.3) is 0 Å². The van der Waals surface area contributed by atoms with Gasteiger partial charge in [-0.25, -0.2) is 8.42 Å². The largest absolute Gasteiger partial charge is 0.360 e. The van der Waals surface area contributed by atoms with Crippen molar-refractivity contribution in [3.8, 4) is 0 Å². The Balaban J connectivity index is 1.97. The maximum atomic E-state index is 12.6. The zero-order valence-electron chi connectivity index (χ0n) is 15.7. The van der Waals surface area contributed by atoms with Crippen LogP contribution in [0.4, 0.5) is 5.82 Å². The van der Waals surface area contributed by atoms with Crippen molar-refractivity contribution in [1.29, 1.82) is 0 Å². The number of likely N-dealkylation sites (tertiary alicyclic amines) is 1. The van der Waals surface area contributed by atoms with Crippen molar-refractivity contribution in [3.05, 3.63) is 11.8 Å². The molecule has 1 saturated heterocycles. The fraction of sp³-hybridized carbons (Fsp3) is 0.765. The van der Waals surface area contributed by atoms with E-state index in [0.717, 1.165) is 32.4 Å². The van der Waals surface area contributed by atoms with Gasteiger partial charge in [0.15, 0.2) is 5.82 Å². The summed E-state index contributed by atoms with van der Waals surface area (Å²) in [6.07, 6.45) is 4.91. The van der Waals surface area contributed by atoms with Gasteiger partial charge in [-0.3, -0.25) is 4.79 Å². The second-order valence-corrected chi connectivity index (χ2v) is 8.86. The first-order valence-corrected chi connectivity index (χ1v) is 10.9. The van der Waals surface area contributed by atoms with Crippen LogP contribution >= 0.6 is 0 Å². The van der Waals surface area contributed by atoms with Crippen molar-refractivity contribution in [2.45, 2.75) is 46.0 Å². The lowest BCUT2D eigenvalue weighted by molar-refractivity contribution is -0.116. The Kier molecular flexibility index (Phi) is 8.05. The summed E-state index contributed by atoms with van der Waals surface area (Å²) in [7, 11) is -3.47. The third-order valence-electron chi connectivity index (χ3n) is 4.48. The minimum absolute atomic E-state index is 0.0693. The van der Waals surface area contributed by atoms with Crippen molar-refractivity contribution in [3.63, 3.8) is 0 Å². The minimum atomic E-state index is -3.47. The van der Waals surface area contributed by atoms with Gasteiger partial charge in [-0.2, -0.15) is 4.31 Å². The monoisotopic (exact) mass is 386 g/mol. The maximum absolute atomic E-state index is 12.6. The summed E-state index contributed by atoms with van der Waals surface area (Å²) in [4.78, 5) is 14.6. The number of carbonyl (C=O) groups is 1. The zero-order chi connectivity index (χ0) is 19.0. The van der Waals surface area contributed by atoms with Gasteiger partial charge in [0.05, 0.1) is 12.3 Å². The molecule has 0 aliphatic carbocycles. The first-order chi connectivity index (χ1) is 12.4.